The van der Waals surface area contributed by atoms with E-state index in [4.69, 9.17) is 4.74 Å². The third-order valence-corrected chi connectivity index (χ3v) is 7.39. The van der Waals surface area contributed by atoms with Gasteiger partial charge >= 0.3 is 5.97 Å². The minimum atomic E-state index is -0.220. The van der Waals surface area contributed by atoms with Crippen LogP contribution in [-0.4, -0.2) is 61.5 Å². The molecular weight excluding hydrogens is 340 g/mol. The Bertz CT molecular complexity index is 494. The van der Waals surface area contributed by atoms with Crippen LogP contribution >= 0.6 is 0 Å². The van der Waals surface area contributed by atoms with E-state index in [-0.39, 0.29) is 11.4 Å². The minimum absolute atomic E-state index is 0.125. The molecule has 5 heteroatoms. The van der Waals surface area contributed by atoms with Crippen LogP contribution in [0.2, 0.25) is 0 Å². The van der Waals surface area contributed by atoms with E-state index in [9.17, 15) is 9.59 Å². The van der Waals surface area contributed by atoms with Crippen LogP contribution in [0.5, 0.6) is 0 Å². The second kappa shape index (κ2) is 8.93. The molecule has 4 bridgehead atoms. The maximum absolute atomic E-state index is 13.7. The first-order valence-electron chi connectivity index (χ1n) is 11.1. The predicted octanol–water partition coefficient (Wildman–Crippen LogP) is 3.33. The normalized spacial score (nSPS) is 31.3. The molecule has 4 aliphatic carbocycles. The van der Waals surface area contributed by atoms with E-state index < -0.39 is 0 Å². The monoisotopic (exact) mass is 378 g/mol. The van der Waals surface area contributed by atoms with E-state index >= 15 is 0 Å². The van der Waals surface area contributed by atoms with Crippen LogP contribution in [0, 0.1) is 23.2 Å². The minimum Gasteiger partial charge on any atom is -0.469 e. The Morgan fingerprint density at radius 2 is 1.48 bits per heavy atom. The summed E-state index contributed by atoms with van der Waals surface area (Å²) in [7, 11) is 1.42. The first kappa shape index (κ1) is 20.6. The van der Waals surface area contributed by atoms with Gasteiger partial charge in [-0.25, -0.2) is 0 Å². The molecule has 154 valence electrons. The third-order valence-electron chi connectivity index (χ3n) is 7.39. The van der Waals surface area contributed by atoms with Crippen molar-refractivity contribution in [2.45, 2.75) is 65.2 Å². The average Bonchev–Trinajstić information content (AvgIpc) is 2.65. The van der Waals surface area contributed by atoms with Gasteiger partial charge in [-0.3, -0.25) is 9.59 Å². The highest BCUT2D eigenvalue weighted by Gasteiger charge is 2.55. The van der Waals surface area contributed by atoms with Gasteiger partial charge in [0.15, 0.2) is 0 Å². The van der Waals surface area contributed by atoms with Gasteiger partial charge in [0, 0.05) is 13.1 Å². The summed E-state index contributed by atoms with van der Waals surface area (Å²) < 4.78 is 4.82. The van der Waals surface area contributed by atoms with Crippen LogP contribution in [-0.2, 0) is 14.3 Å². The molecule has 4 rings (SSSR count). The number of esters is 1. The molecule has 4 aliphatic rings. The number of carbonyl (C=O) groups excluding carboxylic acids is 2. The summed E-state index contributed by atoms with van der Waals surface area (Å²) in [4.78, 5) is 29.8. The van der Waals surface area contributed by atoms with Gasteiger partial charge in [-0.15, -0.1) is 0 Å². The van der Waals surface area contributed by atoms with Gasteiger partial charge in [-0.05, 0) is 82.3 Å². The second-order valence-corrected chi connectivity index (χ2v) is 9.20. The van der Waals surface area contributed by atoms with Gasteiger partial charge in [0.2, 0.25) is 5.91 Å². The molecule has 0 spiro atoms. The summed E-state index contributed by atoms with van der Waals surface area (Å²) in [5, 5.41) is 0. The summed E-state index contributed by atoms with van der Waals surface area (Å²) in [5.41, 5.74) is -0.125. The van der Waals surface area contributed by atoms with Crippen LogP contribution in [0.1, 0.15) is 65.2 Å². The Hall–Kier alpha value is -1.10. The van der Waals surface area contributed by atoms with Crippen molar-refractivity contribution in [1.29, 1.82) is 0 Å². The van der Waals surface area contributed by atoms with Crippen molar-refractivity contribution >= 4 is 11.9 Å². The average molecular weight is 379 g/mol. The summed E-state index contributed by atoms with van der Waals surface area (Å²) in [6.45, 7) is 8.72. The van der Waals surface area contributed by atoms with Crippen molar-refractivity contribution in [2.24, 2.45) is 23.2 Å². The fourth-order valence-corrected chi connectivity index (χ4v) is 6.38. The molecule has 0 unspecified atom stereocenters. The van der Waals surface area contributed by atoms with E-state index in [0.29, 0.717) is 18.9 Å². The highest BCUT2D eigenvalue weighted by atomic mass is 16.5. The van der Waals surface area contributed by atoms with Crippen LogP contribution in [0.15, 0.2) is 0 Å². The predicted molar refractivity (Wildman–Crippen MR) is 106 cm³/mol. The first-order valence-corrected chi connectivity index (χ1v) is 11.1. The molecule has 0 heterocycles. The van der Waals surface area contributed by atoms with Gasteiger partial charge in [0.1, 0.15) is 0 Å². The van der Waals surface area contributed by atoms with Crippen molar-refractivity contribution in [3.63, 3.8) is 0 Å². The Morgan fingerprint density at radius 1 is 0.926 bits per heavy atom. The second-order valence-electron chi connectivity index (χ2n) is 9.20. The van der Waals surface area contributed by atoms with Crippen LogP contribution < -0.4 is 0 Å². The lowest BCUT2D eigenvalue weighted by Gasteiger charge is -2.56. The fourth-order valence-electron chi connectivity index (χ4n) is 6.38. The highest BCUT2D eigenvalue weighted by Crippen LogP contribution is 2.60. The molecule has 0 N–H and O–H groups in total. The van der Waals surface area contributed by atoms with Crippen LogP contribution in [0.25, 0.3) is 0 Å². The summed E-state index contributed by atoms with van der Waals surface area (Å²) in [6, 6.07) is 0. The Kier molecular flexibility index (Phi) is 6.83. The number of hydrogen-bond donors (Lipinski definition) is 0. The molecule has 0 atom stereocenters. The number of amides is 1. The van der Waals surface area contributed by atoms with Gasteiger partial charge in [0.25, 0.3) is 0 Å². The molecule has 4 fully saturated rings. The fraction of sp³-hybridized carbons (Fsp3) is 0.909. The molecule has 0 aromatic carbocycles. The van der Waals surface area contributed by atoms with E-state index in [1.165, 1.54) is 26.4 Å². The van der Waals surface area contributed by atoms with E-state index in [2.05, 4.69) is 18.7 Å². The van der Waals surface area contributed by atoms with Gasteiger partial charge in [-0.1, -0.05) is 13.8 Å². The molecule has 5 nitrogen and oxygen atoms in total. The van der Waals surface area contributed by atoms with Crippen molar-refractivity contribution in [1.82, 2.24) is 9.80 Å². The summed E-state index contributed by atoms with van der Waals surface area (Å²) >= 11 is 0. The number of nitrogens with zero attached hydrogens (tertiary/aromatic N) is 2. The first-order chi connectivity index (χ1) is 13.0. The van der Waals surface area contributed by atoms with Crippen molar-refractivity contribution in [2.75, 3.05) is 39.8 Å². The quantitative estimate of drug-likeness (QED) is 0.547. The Labute approximate surface area is 164 Å². The molecule has 0 aliphatic heterocycles. The maximum atomic E-state index is 13.7. The van der Waals surface area contributed by atoms with E-state index in [1.807, 2.05) is 4.90 Å². The largest absolute Gasteiger partial charge is 0.469 e. The zero-order valence-corrected chi connectivity index (χ0v) is 17.5. The number of hydrogen-bond acceptors (Lipinski definition) is 4. The molecule has 0 aromatic rings. The van der Waals surface area contributed by atoms with Crippen LogP contribution in [0.3, 0.4) is 0 Å². The molecule has 0 radical (unpaired) electrons. The Morgan fingerprint density at radius 3 is 1.96 bits per heavy atom. The molecule has 4 saturated carbocycles. The zero-order chi connectivity index (χ0) is 19.4. The van der Waals surface area contributed by atoms with Crippen molar-refractivity contribution in [3.8, 4) is 0 Å². The molecule has 0 saturated heterocycles. The Balaban J connectivity index is 1.65. The third kappa shape index (κ3) is 4.67. The SMILES string of the molecule is CCN(CC)CCCN(CCC(=O)OC)C(=O)C12CC3CC(CC(C3)C1)C2. The van der Waals surface area contributed by atoms with E-state index in [1.54, 1.807) is 0 Å². The number of methoxy groups -OCH3 is 1. The number of carbonyl (C=O) groups is 2. The molecule has 1 amide bonds. The summed E-state index contributed by atoms with van der Waals surface area (Å²) in [5.74, 6) is 2.40. The van der Waals surface area contributed by atoms with Gasteiger partial charge < -0.3 is 14.5 Å². The standard InChI is InChI=1S/C22H38N2O3/c1-4-23(5-2)8-6-9-24(10-7-20(25)27-3)21(26)22-14-17-11-18(15-22)13-19(12-17)16-22/h17-19H,4-16H2,1-3H3. The topological polar surface area (TPSA) is 49.9 Å². The van der Waals surface area contributed by atoms with Gasteiger partial charge in [-0.2, -0.15) is 0 Å². The lowest BCUT2D eigenvalue weighted by molar-refractivity contribution is -0.158. The maximum Gasteiger partial charge on any atom is 0.307 e. The lowest BCUT2D eigenvalue weighted by Crippen LogP contribution is -2.55. The molecular formula is C22H38N2O3. The molecule has 0 aromatic heterocycles. The van der Waals surface area contributed by atoms with Crippen molar-refractivity contribution in [3.05, 3.63) is 0 Å². The van der Waals surface area contributed by atoms with Gasteiger partial charge in [0.05, 0.1) is 18.9 Å². The number of ether oxygens (including phenoxy) is 1. The van der Waals surface area contributed by atoms with E-state index in [0.717, 1.165) is 69.6 Å². The van der Waals surface area contributed by atoms with Crippen LogP contribution in [0.4, 0.5) is 0 Å². The number of rotatable bonds is 10. The lowest BCUT2D eigenvalue weighted by atomic mass is 9.49. The smallest absolute Gasteiger partial charge is 0.307 e. The highest BCUT2D eigenvalue weighted by molar-refractivity contribution is 5.84. The zero-order valence-electron chi connectivity index (χ0n) is 17.5. The summed E-state index contributed by atoms with van der Waals surface area (Å²) in [6.07, 6.45) is 8.57. The van der Waals surface area contributed by atoms with Crippen molar-refractivity contribution < 1.29 is 14.3 Å². The molecule has 27 heavy (non-hydrogen) atoms.